The van der Waals surface area contributed by atoms with E-state index >= 15 is 0 Å². The van der Waals surface area contributed by atoms with Gasteiger partial charge in [-0.05, 0) is 40.2 Å². The molecule has 1 aromatic carbocycles. The number of hydrogen-bond donors (Lipinski definition) is 1. The van der Waals surface area contributed by atoms with Gasteiger partial charge in [-0.2, -0.15) is 0 Å². The van der Waals surface area contributed by atoms with Crippen LogP contribution < -0.4 is 5.32 Å². The van der Waals surface area contributed by atoms with Gasteiger partial charge in [-0.15, -0.1) is 0 Å². The van der Waals surface area contributed by atoms with Crippen molar-refractivity contribution < 1.29 is 4.52 Å². The number of aromatic nitrogens is 1. The summed E-state index contributed by atoms with van der Waals surface area (Å²) in [5.41, 5.74) is 4.60. The molecule has 0 aliphatic heterocycles. The van der Waals surface area contributed by atoms with Gasteiger partial charge in [0.15, 0.2) is 5.76 Å². The van der Waals surface area contributed by atoms with E-state index in [1.165, 1.54) is 11.1 Å². The summed E-state index contributed by atoms with van der Waals surface area (Å²) in [6, 6.07) is 8.35. The third kappa shape index (κ3) is 3.67. The summed E-state index contributed by atoms with van der Waals surface area (Å²) in [7, 11) is 0. The molecule has 0 radical (unpaired) electrons. The lowest BCUT2D eigenvalue weighted by Crippen LogP contribution is -2.35. The van der Waals surface area contributed by atoms with Crippen LogP contribution in [-0.4, -0.2) is 10.7 Å². The number of benzene rings is 1. The first kappa shape index (κ1) is 13.8. The Morgan fingerprint density at radius 2 is 1.89 bits per heavy atom. The van der Waals surface area contributed by atoms with Crippen LogP contribution in [-0.2, 0) is 6.54 Å². The standard InChI is InChI=1S/C16H22N2O/c1-11-6-7-14(12(2)8-11)15-9-13(18-19-15)10-17-16(3,4)5/h6-9,17H,10H2,1-5H3. The maximum Gasteiger partial charge on any atom is 0.167 e. The number of aryl methyl sites for hydroxylation is 2. The molecule has 0 fully saturated rings. The highest BCUT2D eigenvalue weighted by Crippen LogP contribution is 2.25. The molecular weight excluding hydrogens is 236 g/mol. The monoisotopic (exact) mass is 258 g/mol. The van der Waals surface area contributed by atoms with Gasteiger partial charge in [0.05, 0.1) is 5.69 Å². The molecule has 0 aliphatic carbocycles. The van der Waals surface area contributed by atoms with Crippen LogP contribution >= 0.6 is 0 Å². The van der Waals surface area contributed by atoms with Gasteiger partial charge >= 0.3 is 0 Å². The molecule has 19 heavy (non-hydrogen) atoms. The third-order valence-electron chi connectivity index (χ3n) is 3.01. The molecule has 0 saturated heterocycles. The van der Waals surface area contributed by atoms with Crippen LogP contribution in [0.15, 0.2) is 28.8 Å². The summed E-state index contributed by atoms with van der Waals surface area (Å²) < 4.78 is 5.45. The molecule has 0 bridgehead atoms. The largest absolute Gasteiger partial charge is 0.356 e. The van der Waals surface area contributed by atoms with E-state index in [1.54, 1.807) is 0 Å². The summed E-state index contributed by atoms with van der Waals surface area (Å²) in [5, 5.41) is 7.53. The van der Waals surface area contributed by atoms with E-state index in [-0.39, 0.29) is 5.54 Å². The third-order valence-corrected chi connectivity index (χ3v) is 3.01. The maximum absolute atomic E-state index is 5.45. The second-order valence-corrected chi connectivity index (χ2v) is 6.10. The summed E-state index contributed by atoms with van der Waals surface area (Å²) >= 11 is 0. The van der Waals surface area contributed by atoms with E-state index in [1.807, 2.05) is 6.07 Å². The summed E-state index contributed by atoms with van der Waals surface area (Å²) in [6.45, 7) is 11.3. The normalized spacial score (nSPS) is 11.8. The van der Waals surface area contributed by atoms with E-state index in [9.17, 15) is 0 Å². The van der Waals surface area contributed by atoms with Gasteiger partial charge < -0.3 is 9.84 Å². The van der Waals surface area contributed by atoms with Gasteiger partial charge in [-0.3, -0.25) is 0 Å². The highest BCUT2D eigenvalue weighted by atomic mass is 16.5. The topological polar surface area (TPSA) is 38.1 Å². The van der Waals surface area contributed by atoms with Gasteiger partial charge in [0, 0.05) is 23.7 Å². The fourth-order valence-corrected chi connectivity index (χ4v) is 1.97. The average Bonchev–Trinajstić information content (AvgIpc) is 2.74. The predicted octanol–water partition coefficient (Wildman–Crippen LogP) is 3.85. The first-order valence-electron chi connectivity index (χ1n) is 6.63. The van der Waals surface area contributed by atoms with Crippen molar-refractivity contribution in [3.05, 3.63) is 41.1 Å². The van der Waals surface area contributed by atoms with Crippen LogP contribution in [0.5, 0.6) is 0 Å². The number of nitrogens with one attached hydrogen (secondary N) is 1. The Morgan fingerprint density at radius 1 is 1.16 bits per heavy atom. The highest BCUT2D eigenvalue weighted by Gasteiger charge is 2.12. The minimum Gasteiger partial charge on any atom is -0.356 e. The lowest BCUT2D eigenvalue weighted by molar-refractivity contribution is 0.392. The van der Waals surface area contributed by atoms with Crippen LogP contribution in [0.1, 0.15) is 37.6 Å². The van der Waals surface area contributed by atoms with E-state index in [0.717, 1.165) is 23.6 Å². The molecule has 1 N–H and O–H groups in total. The van der Waals surface area contributed by atoms with Crippen molar-refractivity contribution in [3.8, 4) is 11.3 Å². The molecule has 2 rings (SSSR count). The zero-order chi connectivity index (χ0) is 14.0. The van der Waals surface area contributed by atoms with Gasteiger partial charge in [-0.1, -0.05) is 28.9 Å². The zero-order valence-corrected chi connectivity index (χ0v) is 12.4. The molecule has 0 aliphatic rings. The summed E-state index contributed by atoms with van der Waals surface area (Å²) in [4.78, 5) is 0. The predicted molar refractivity (Wildman–Crippen MR) is 78.0 cm³/mol. The summed E-state index contributed by atoms with van der Waals surface area (Å²) in [5.74, 6) is 0.836. The Balaban J connectivity index is 2.16. The van der Waals surface area contributed by atoms with Crippen molar-refractivity contribution in [2.45, 2.75) is 46.7 Å². The molecule has 0 spiro atoms. The minimum atomic E-state index is 0.0822. The molecule has 3 heteroatoms. The molecule has 1 heterocycles. The van der Waals surface area contributed by atoms with Crippen LogP contribution in [0.25, 0.3) is 11.3 Å². The van der Waals surface area contributed by atoms with E-state index in [0.29, 0.717) is 0 Å². The molecule has 1 aromatic heterocycles. The Labute approximate surface area is 115 Å². The van der Waals surface area contributed by atoms with Gasteiger partial charge in [0.25, 0.3) is 0 Å². The number of hydrogen-bond acceptors (Lipinski definition) is 3. The lowest BCUT2D eigenvalue weighted by Gasteiger charge is -2.19. The van der Waals surface area contributed by atoms with Crippen molar-refractivity contribution in [1.82, 2.24) is 10.5 Å². The first-order chi connectivity index (χ1) is 8.85. The quantitative estimate of drug-likeness (QED) is 0.908. The van der Waals surface area contributed by atoms with Crippen LogP contribution in [0.2, 0.25) is 0 Å². The molecule has 2 aromatic rings. The summed E-state index contributed by atoms with van der Waals surface area (Å²) in [6.07, 6.45) is 0. The molecule has 102 valence electrons. The van der Waals surface area contributed by atoms with E-state index in [2.05, 4.69) is 63.3 Å². The molecule has 0 amide bonds. The van der Waals surface area contributed by atoms with Crippen molar-refractivity contribution in [1.29, 1.82) is 0 Å². The van der Waals surface area contributed by atoms with Gasteiger partial charge in [-0.25, -0.2) is 0 Å². The molecule has 0 unspecified atom stereocenters. The minimum absolute atomic E-state index is 0.0822. The van der Waals surface area contributed by atoms with Gasteiger partial charge in [0.2, 0.25) is 0 Å². The number of nitrogens with zero attached hydrogens (tertiary/aromatic N) is 1. The van der Waals surface area contributed by atoms with E-state index < -0.39 is 0 Å². The maximum atomic E-state index is 5.45. The van der Waals surface area contributed by atoms with Crippen LogP contribution in [0.3, 0.4) is 0 Å². The smallest absolute Gasteiger partial charge is 0.167 e. The van der Waals surface area contributed by atoms with Crippen molar-refractivity contribution >= 4 is 0 Å². The SMILES string of the molecule is Cc1ccc(-c2cc(CNC(C)(C)C)no2)c(C)c1. The lowest BCUT2D eigenvalue weighted by atomic mass is 10.0. The number of rotatable bonds is 3. The molecule has 3 nitrogen and oxygen atoms in total. The Hall–Kier alpha value is -1.61. The second-order valence-electron chi connectivity index (χ2n) is 6.10. The van der Waals surface area contributed by atoms with Crippen molar-refractivity contribution in [2.24, 2.45) is 0 Å². The molecule has 0 saturated carbocycles. The zero-order valence-electron chi connectivity index (χ0n) is 12.4. The van der Waals surface area contributed by atoms with Gasteiger partial charge in [0.1, 0.15) is 0 Å². The van der Waals surface area contributed by atoms with Crippen molar-refractivity contribution in [3.63, 3.8) is 0 Å². The van der Waals surface area contributed by atoms with E-state index in [4.69, 9.17) is 4.52 Å². The molecule has 0 atom stereocenters. The fraction of sp³-hybridized carbons (Fsp3) is 0.438. The second kappa shape index (κ2) is 5.17. The first-order valence-corrected chi connectivity index (χ1v) is 6.63. The van der Waals surface area contributed by atoms with Crippen molar-refractivity contribution in [2.75, 3.05) is 0 Å². The Kier molecular flexibility index (Phi) is 3.76. The Morgan fingerprint density at radius 3 is 2.53 bits per heavy atom. The van der Waals surface area contributed by atoms with Crippen LogP contribution in [0, 0.1) is 13.8 Å². The van der Waals surface area contributed by atoms with Crippen LogP contribution in [0.4, 0.5) is 0 Å². The average molecular weight is 258 g/mol. The fourth-order valence-electron chi connectivity index (χ4n) is 1.97. The highest BCUT2D eigenvalue weighted by molar-refractivity contribution is 5.62. The molecular formula is C16H22N2O. The Bertz CT molecular complexity index is 564.